The summed E-state index contributed by atoms with van der Waals surface area (Å²) in [5.41, 5.74) is 3.20. The molecule has 28 heavy (non-hydrogen) atoms. The summed E-state index contributed by atoms with van der Waals surface area (Å²) in [6.45, 7) is 3.71. The second-order valence-corrected chi connectivity index (χ2v) is 6.46. The van der Waals surface area contributed by atoms with Gasteiger partial charge in [-0.15, -0.1) is 10.2 Å². The van der Waals surface area contributed by atoms with E-state index in [-0.39, 0.29) is 11.6 Å². The molecule has 0 aliphatic carbocycles. The number of benzene rings is 2. The zero-order valence-corrected chi connectivity index (χ0v) is 15.4. The summed E-state index contributed by atoms with van der Waals surface area (Å²) in [6.07, 6.45) is 0. The summed E-state index contributed by atoms with van der Waals surface area (Å²) in [5, 5.41) is 14.1. The Morgan fingerprint density at radius 3 is 2.64 bits per heavy atom. The molecule has 0 bridgehead atoms. The monoisotopic (exact) mass is 376 g/mol. The number of fused-ring (bicyclic) bond motifs is 1. The first-order valence-corrected chi connectivity index (χ1v) is 9.01. The Hall–Kier alpha value is -3.61. The van der Waals surface area contributed by atoms with E-state index in [0.717, 1.165) is 5.56 Å². The summed E-state index contributed by atoms with van der Waals surface area (Å²) in [5.74, 6) is 1.56. The van der Waals surface area contributed by atoms with Crippen molar-refractivity contribution in [1.82, 2.24) is 10.2 Å². The van der Waals surface area contributed by atoms with E-state index in [9.17, 15) is 4.79 Å². The van der Waals surface area contributed by atoms with Crippen LogP contribution in [0.4, 0.5) is 11.5 Å². The number of nitrogens with zero attached hydrogens (tertiary/aromatic N) is 2. The third-order valence-electron chi connectivity index (χ3n) is 4.25. The van der Waals surface area contributed by atoms with Crippen LogP contribution in [0.15, 0.2) is 54.6 Å². The number of carbonyl (C=O) groups excluding carboxylic acids is 1. The highest BCUT2D eigenvalue weighted by Crippen LogP contribution is 2.32. The van der Waals surface area contributed by atoms with Crippen molar-refractivity contribution in [2.75, 3.05) is 23.8 Å². The zero-order valence-electron chi connectivity index (χ0n) is 15.4. The summed E-state index contributed by atoms with van der Waals surface area (Å²) in [7, 11) is 0. The molecule has 2 aromatic carbocycles. The molecule has 2 N–H and O–H groups in total. The van der Waals surface area contributed by atoms with Crippen LogP contribution in [-0.4, -0.2) is 29.3 Å². The number of aryl methyl sites for hydroxylation is 1. The molecule has 1 aliphatic rings. The number of rotatable bonds is 5. The van der Waals surface area contributed by atoms with Crippen molar-refractivity contribution in [3.63, 3.8) is 0 Å². The van der Waals surface area contributed by atoms with E-state index in [1.54, 1.807) is 30.3 Å². The maximum Gasteiger partial charge on any atom is 0.276 e. The zero-order chi connectivity index (χ0) is 19.3. The van der Waals surface area contributed by atoms with Gasteiger partial charge < -0.3 is 20.1 Å². The predicted molar refractivity (Wildman–Crippen MR) is 106 cm³/mol. The lowest BCUT2D eigenvalue weighted by Gasteiger charge is -2.18. The van der Waals surface area contributed by atoms with Crippen molar-refractivity contribution in [2.45, 2.75) is 13.5 Å². The minimum absolute atomic E-state index is 0.232. The van der Waals surface area contributed by atoms with Crippen molar-refractivity contribution in [2.24, 2.45) is 0 Å². The van der Waals surface area contributed by atoms with Crippen molar-refractivity contribution < 1.29 is 14.3 Å². The number of hydrogen-bond donors (Lipinski definition) is 2. The van der Waals surface area contributed by atoms with Gasteiger partial charge in [0.05, 0.1) is 0 Å². The number of amides is 1. The Kier molecular flexibility index (Phi) is 5.05. The lowest BCUT2D eigenvalue weighted by Crippen LogP contribution is -2.17. The normalized spacial score (nSPS) is 12.3. The molecule has 0 atom stereocenters. The van der Waals surface area contributed by atoms with E-state index in [0.29, 0.717) is 42.8 Å². The molecule has 0 spiro atoms. The number of anilines is 2. The summed E-state index contributed by atoms with van der Waals surface area (Å²) >= 11 is 0. The Morgan fingerprint density at radius 2 is 1.86 bits per heavy atom. The van der Waals surface area contributed by atoms with E-state index in [1.165, 1.54) is 5.56 Å². The van der Waals surface area contributed by atoms with E-state index in [1.807, 2.05) is 12.1 Å². The number of aromatic nitrogens is 2. The Balaban J connectivity index is 1.37. The van der Waals surface area contributed by atoms with Crippen LogP contribution in [0.25, 0.3) is 0 Å². The lowest BCUT2D eigenvalue weighted by atomic mass is 10.1. The van der Waals surface area contributed by atoms with Crippen LogP contribution in [0, 0.1) is 6.92 Å². The Labute approximate surface area is 162 Å². The molecular formula is C21H20N4O3. The van der Waals surface area contributed by atoms with Gasteiger partial charge in [-0.2, -0.15) is 0 Å². The van der Waals surface area contributed by atoms with Crippen LogP contribution in [0.5, 0.6) is 11.5 Å². The van der Waals surface area contributed by atoms with Gasteiger partial charge in [-0.05, 0) is 36.8 Å². The van der Waals surface area contributed by atoms with Gasteiger partial charge in [0.2, 0.25) is 0 Å². The summed E-state index contributed by atoms with van der Waals surface area (Å²) in [6, 6.07) is 16.9. The average Bonchev–Trinajstić information content (AvgIpc) is 2.72. The highest BCUT2D eigenvalue weighted by Gasteiger charge is 2.14. The average molecular weight is 376 g/mol. The van der Waals surface area contributed by atoms with Gasteiger partial charge in [0.1, 0.15) is 19.0 Å². The highest BCUT2D eigenvalue weighted by atomic mass is 16.6. The largest absolute Gasteiger partial charge is 0.486 e. The lowest BCUT2D eigenvalue weighted by molar-refractivity contribution is 0.102. The highest BCUT2D eigenvalue weighted by molar-refractivity contribution is 6.02. The van der Waals surface area contributed by atoms with Gasteiger partial charge >= 0.3 is 0 Å². The molecular weight excluding hydrogens is 356 g/mol. The van der Waals surface area contributed by atoms with Crippen LogP contribution in [0.2, 0.25) is 0 Å². The van der Waals surface area contributed by atoms with Crippen LogP contribution in [0.1, 0.15) is 21.6 Å². The molecule has 7 nitrogen and oxygen atoms in total. The summed E-state index contributed by atoms with van der Waals surface area (Å²) in [4.78, 5) is 12.4. The molecule has 1 amide bonds. The minimum atomic E-state index is -0.339. The van der Waals surface area contributed by atoms with Crippen molar-refractivity contribution in [3.05, 3.63) is 71.4 Å². The SMILES string of the molecule is Cc1cccc(CNc2ccc(C(=O)Nc3ccc4c(c3)OCCO4)nn2)c1. The van der Waals surface area contributed by atoms with E-state index in [2.05, 4.69) is 39.9 Å². The van der Waals surface area contributed by atoms with Gasteiger partial charge in [0.25, 0.3) is 5.91 Å². The standard InChI is InChI=1S/C21H20N4O3/c1-14-3-2-4-15(11-14)13-22-20-8-6-17(24-25-20)21(26)23-16-5-7-18-19(12-16)28-10-9-27-18/h2-8,11-12H,9-10,13H2,1H3,(H,22,25)(H,23,26). The van der Waals surface area contributed by atoms with Gasteiger partial charge in [0, 0.05) is 18.3 Å². The minimum Gasteiger partial charge on any atom is -0.486 e. The molecule has 4 rings (SSSR count). The molecule has 0 saturated heterocycles. The van der Waals surface area contributed by atoms with Crippen LogP contribution < -0.4 is 20.1 Å². The van der Waals surface area contributed by atoms with Gasteiger partial charge in [-0.1, -0.05) is 29.8 Å². The molecule has 0 saturated carbocycles. The van der Waals surface area contributed by atoms with E-state index < -0.39 is 0 Å². The summed E-state index contributed by atoms with van der Waals surface area (Å²) < 4.78 is 11.0. The number of ether oxygens (including phenoxy) is 2. The number of carbonyl (C=O) groups is 1. The second kappa shape index (κ2) is 7.96. The molecule has 3 aromatic rings. The van der Waals surface area contributed by atoms with E-state index in [4.69, 9.17) is 9.47 Å². The first-order chi connectivity index (χ1) is 13.7. The van der Waals surface area contributed by atoms with Crippen molar-refractivity contribution in [3.8, 4) is 11.5 Å². The molecule has 1 aromatic heterocycles. The first-order valence-electron chi connectivity index (χ1n) is 9.01. The fourth-order valence-corrected chi connectivity index (χ4v) is 2.88. The first kappa shape index (κ1) is 17.8. The van der Waals surface area contributed by atoms with Gasteiger partial charge in [-0.25, -0.2) is 0 Å². The topological polar surface area (TPSA) is 85.4 Å². The van der Waals surface area contributed by atoms with Crippen LogP contribution in [0.3, 0.4) is 0 Å². The predicted octanol–water partition coefficient (Wildman–Crippen LogP) is 3.42. The number of hydrogen-bond acceptors (Lipinski definition) is 6. The van der Waals surface area contributed by atoms with Crippen molar-refractivity contribution >= 4 is 17.4 Å². The molecule has 0 radical (unpaired) electrons. The van der Waals surface area contributed by atoms with Gasteiger partial charge in [0.15, 0.2) is 17.2 Å². The molecule has 142 valence electrons. The molecule has 7 heteroatoms. The molecule has 0 unspecified atom stereocenters. The van der Waals surface area contributed by atoms with Crippen molar-refractivity contribution in [1.29, 1.82) is 0 Å². The fraction of sp³-hybridized carbons (Fsp3) is 0.190. The Bertz CT molecular complexity index is 989. The van der Waals surface area contributed by atoms with E-state index >= 15 is 0 Å². The molecule has 2 heterocycles. The quantitative estimate of drug-likeness (QED) is 0.710. The maximum atomic E-state index is 12.4. The second-order valence-electron chi connectivity index (χ2n) is 6.46. The van der Waals surface area contributed by atoms with Crippen LogP contribution in [-0.2, 0) is 6.54 Å². The fourth-order valence-electron chi connectivity index (χ4n) is 2.88. The van der Waals surface area contributed by atoms with Gasteiger partial charge in [-0.3, -0.25) is 4.79 Å². The third-order valence-corrected chi connectivity index (χ3v) is 4.25. The van der Waals surface area contributed by atoms with Crippen LogP contribution >= 0.6 is 0 Å². The molecule has 0 fully saturated rings. The number of nitrogens with one attached hydrogen (secondary N) is 2. The third kappa shape index (κ3) is 4.20. The molecule has 1 aliphatic heterocycles. The smallest absolute Gasteiger partial charge is 0.276 e. The maximum absolute atomic E-state index is 12.4. The Morgan fingerprint density at radius 1 is 1.00 bits per heavy atom.